The van der Waals surface area contributed by atoms with E-state index in [1.807, 2.05) is 43.3 Å². The fraction of sp³-hybridized carbons (Fsp3) is 0.130. The van der Waals surface area contributed by atoms with E-state index in [1.165, 1.54) is 6.07 Å². The lowest BCUT2D eigenvalue weighted by molar-refractivity contribution is 0.581. The summed E-state index contributed by atoms with van der Waals surface area (Å²) in [5.41, 5.74) is 5.85. The fourth-order valence-corrected chi connectivity index (χ4v) is 2.88. The largest absolute Gasteiger partial charge is 0.206 e. The SMILES string of the molecule is C=C(C)c1ccc(-c2ccc(-c3c(F)cc(C)c(C)c3F)cc2)cc1. The maximum absolute atomic E-state index is 14.5. The molecule has 0 heterocycles. The predicted octanol–water partition coefficient (Wildman–Crippen LogP) is 6.95. The first kappa shape index (κ1) is 17.1. The zero-order valence-electron chi connectivity index (χ0n) is 14.7. The van der Waals surface area contributed by atoms with Gasteiger partial charge in [-0.15, -0.1) is 0 Å². The van der Waals surface area contributed by atoms with Crippen molar-refractivity contribution in [3.05, 3.63) is 89.5 Å². The summed E-state index contributed by atoms with van der Waals surface area (Å²) >= 11 is 0. The molecule has 0 bridgehead atoms. The summed E-state index contributed by atoms with van der Waals surface area (Å²) in [4.78, 5) is 0. The van der Waals surface area contributed by atoms with E-state index >= 15 is 0 Å². The van der Waals surface area contributed by atoms with Crippen molar-refractivity contribution < 1.29 is 8.78 Å². The molecule has 0 saturated carbocycles. The Morgan fingerprint density at radius 3 is 1.80 bits per heavy atom. The minimum atomic E-state index is -0.529. The van der Waals surface area contributed by atoms with Crippen LogP contribution in [-0.4, -0.2) is 0 Å². The number of rotatable bonds is 3. The van der Waals surface area contributed by atoms with Gasteiger partial charge in [0.2, 0.25) is 0 Å². The number of benzene rings is 3. The summed E-state index contributed by atoms with van der Waals surface area (Å²) in [6.45, 7) is 9.28. The second kappa shape index (κ2) is 6.64. The first-order chi connectivity index (χ1) is 11.9. The maximum atomic E-state index is 14.5. The van der Waals surface area contributed by atoms with E-state index in [0.29, 0.717) is 16.7 Å². The van der Waals surface area contributed by atoms with Gasteiger partial charge in [0.05, 0.1) is 5.56 Å². The van der Waals surface area contributed by atoms with Gasteiger partial charge in [-0.25, -0.2) is 8.78 Å². The lowest BCUT2D eigenvalue weighted by atomic mass is 9.96. The van der Waals surface area contributed by atoms with E-state index in [-0.39, 0.29) is 5.56 Å². The van der Waals surface area contributed by atoms with Gasteiger partial charge in [0.1, 0.15) is 11.6 Å². The number of aryl methyl sites for hydroxylation is 1. The first-order valence-electron chi connectivity index (χ1n) is 8.20. The number of allylic oxidation sites excluding steroid dienone is 1. The summed E-state index contributed by atoms with van der Waals surface area (Å²) < 4.78 is 28.8. The number of hydrogen-bond donors (Lipinski definition) is 0. The van der Waals surface area contributed by atoms with Crippen molar-refractivity contribution >= 4 is 5.57 Å². The van der Waals surface area contributed by atoms with Gasteiger partial charge in [0.25, 0.3) is 0 Å². The Hall–Kier alpha value is -2.74. The zero-order chi connectivity index (χ0) is 18.1. The van der Waals surface area contributed by atoms with Crippen LogP contribution in [0.1, 0.15) is 23.6 Å². The minimum absolute atomic E-state index is 0.0345. The van der Waals surface area contributed by atoms with E-state index in [4.69, 9.17) is 0 Å². The summed E-state index contributed by atoms with van der Waals surface area (Å²) in [6.07, 6.45) is 0. The highest BCUT2D eigenvalue weighted by Crippen LogP contribution is 2.31. The minimum Gasteiger partial charge on any atom is -0.206 e. The molecule has 0 aliphatic heterocycles. The van der Waals surface area contributed by atoms with Gasteiger partial charge in [0.15, 0.2) is 0 Å². The van der Waals surface area contributed by atoms with Crippen LogP contribution in [0.3, 0.4) is 0 Å². The lowest BCUT2D eigenvalue weighted by Gasteiger charge is -2.11. The number of halogens is 2. The molecule has 0 nitrogen and oxygen atoms in total. The van der Waals surface area contributed by atoms with E-state index in [9.17, 15) is 8.78 Å². The molecule has 0 aliphatic rings. The van der Waals surface area contributed by atoms with E-state index in [0.717, 1.165) is 22.3 Å². The normalized spacial score (nSPS) is 10.8. The Kier molecular flexibility index (Phi) is 4.54. The Morgan fingerprint density at radius 1 is 0.800 bits per heavy atom. The topological polar surface area (TPSA) is 0 Å². The van der Waals surface area contributed by atoms with Crippen molar-refractivity contribution in [3.8, 4) is 22.3 Å². The van der Waals surface area contributed by atoms with Gasteiger partial charge in [-0.1, -0.05) is 60.7 Å². The van der Waals surface area contributed by atoms with Crippen LogP contribution in [0.5, 0.6) is 0 Å². The molecule has 0 aromatic heterocycles. The molecular formula is C23H20F2. The Labute approximate surface area is 147 Å². The van der Waals surface area contributed by atoms with Gasteiger partial charge in [-0.05, 0) is 60.2 Å². The molecular weight excluding hydrogens is 314 g/mol. The van der Waals surface area contributed by atoms with Crippen LogP contribution in [0.25, 0.3) is 27.8 Å². The second-order valence-electron chi connectivity index (χ2n) is 6.42. The fourth-order valence-electron chi connectivity index (χ4n) is 2.88. The third-order valence-corrected chi connectivity index (χ3v) is 4.61. The molecule has 3 rings (SSSR count). The van der Waals surface area contributed by atoms with Crippen LogP contribution in [0.2, 0.25) is 0 Å². The van der Waals surface area contributed by atoms with Crippen LogP contribution in [0.15, 0.2) is 61.2 Å². The Balaban J connectivity index is 1.98. The summed E-state index contributed by atoms with van der Waals surface area (Å²) in [6, 6.07) is 16.8. The summed E-state index contributed by atoms with van der Waals surface area (Å²) in [7, 11) is 0. The van der Waals surface area contributed by atoms with E-state index < -0.39 is 11.6 Å². The molecule has 25 heavy (non-hydrogen) atoms. The van der Waals surface area contributed by atoms with Gasteiger partial charge < -0.3 is 0 Å². The van der Waals surface area contributed by atoms with Gasteiger partial charge in [-0.2, -0.15) is 0 Å². The highest BCUT2D eigenvalue weighted by molar-refractivity contribution is 5.73. The van der Waals surface area contributed by atoms with E-state index in [2.05, 4.69) is 6.58 Å². The quantitative estimate of drug-likeness (QED) is 0.486. The van der Waals surface area contributed by atoms with Crippen molar-refractivity contribution in [2.75, 3.05) is 0 Å². The van der Waals surface area contributed by atoms with Crippen LogP contribution in [0.4, 0.5) is 8.78 Å². The lowest BCUT2D eigenvalue weighted by Crippen LogP contribution is -1.96. The molecule has 0 spiro atoms. The van der Waals surface area contributed by atoms with Gasteiger partial charge in [-0.3, -0.25) is 0 Å². The molecule has 0 fully saturated rings. The van der Waals surface area contributed by atoms with Crippen molar-refractivity contribution in [2.45, 2.75) is 20.8 Å². The molecule has 0 amide bonds. The van der Waals surface area contributed by atoms with Gasteiger partial charge >= 0.3 is 0 Å². The molecule has 0 atom stereocenters. The van der Waals surface area contributed by atoms with Crippen molar-refractivity contribution in [3.63, 3.8) is 0 Å². The smallest absolute Gasteiger partial charge is 0.137 e. The van der Waals surface area contributed by atoms with Crippen molar-refractivity contribution in [1.29, 1.82) is 0 Å². The molecule has 0 radical (unpaired) electrons. The van der Waals surface area contributed by atoms with Crippen LogP contribution < -0.4 is 0 Å². The first-order valence-corrected chi connectivity index (χ1v) is 8.20. The average molecular weight is 334 g/mol. The molecule has 126 valence electrons. The van der Waals surface area contributed by atoms with Crippen LogP contribution in [-0.2, 0) is 0 Å². The third kappa shape index (κ3) is 3.25. The Bertz CT molecular complexity index is 933. The molecule has 0 saturated heterocycles. The van der Waals surface area contributed by atoms with Crippen LogP contribution >= 0.6 is 0 Å². The third-order valence-electron chi connectivity index (χ3n) is 4.61. The molecule has 2 heteroatoms. The summed E-state index contributed by atoms with van der Waals surface area (Å²) in [5.74, 6) is -1.02. The average Bonchev–Trinajstić information content (AvgIpc) is 2.60. The zero-order valence-corrected chi connectivity index (χ0v) is 14.7. The standard InChI is InChI=1S/C23H20F2/c1-14(2)17-5-7-18(8-6-17)19-9-11-20(12-10-19)22-21(24)13-15(3)16(4)23(22)25/h5-13H,1H2,2-4H3. The van der Waals surface area contributed by atoms with Crippen LogP contribution in [0, 0.1) is 25.5 Å². The van der Waals surface area contributed by atoms with E-state index in [1.54, 1.807) is 26.0 Å². The molecule has 3 aromatic carbocycles. The molecule has 0 N–H and O–H groups in total. The highest BCUT2D eigenvalue weighted by atomic mass is 19.1. The number of hydrogen-bond acceptors (Lipinski definition) is 0. The summed E-state index contributed by atoms with van der Waals surface area (Å²) in [5, 5.41) is 0. The maximum Gasteiger partial charge on any atom is 0.137 e. The highest BCUT2D eigenvalue weighted by Gasteiger charge is 2.15. The second-order valence-corrected chi connectivity index (χ2v) is 6.42. The van der Waals surface area contributed by atoms with Crippen molar-refractivity contribution in [2.24, 2.45) is 0 Å². The molecule has 0 unspecified atom stereocenters. The molecule has 3 aromatic rings. The predicted molar refractivity (Wildman–Crippen MR) is 101 cm³/mol. The molecule has 0 aliphatic carbocycles. The monoisotopic (exact) mass is 334 g/mol. The van der Waals surface area contributed by atoms with Gasteiger partial charge in [0, 0.05) is 0 Å². The Morgan fingerprint density at radius 2 is 1.28 bits per heavy atom. The van der Waals surface area contributed by atoms with Crippen molar-refractivity contribution in [1.82, 2.24) is 0 Å².